The van der Waals surface area contributed by atoms with Crippen LogP contribution in [0.15, 0.2) is 30.3 Å². The Labute approximate surface area is 114 Å². The van der Waals surface area contributed by atoms with E-state index < -0.39 is 5.79 Å². The van der Waals surface area contributed by atoms with Gasteiger partial charge in [0.05, 0.1) is 19.3 Å². The molecule has 2 rings (SSSR count). The molecule has 106 valence electrons. The molecule has 0 saturated carbocycles. The number of aliphatic hydroxyl groups excluding tert-OH is 1. The molecule has 2 atom stereocenters. The summed E-state index contributed by atoms with van der Waals surface area (Å²) in [7, 11) is 0. The normalized spacial score (nSPS) is 25.6. The summed E-state index contributed by atoms with van der Waals surface area (Å²) in [5.41, 5.74) is 1.16. The first-order valence-corrected chi connectivity index (χ1v) is 6.69. The molecule has 19 heavy (non-hydrogen) atoms. The van der Waals surface area contributed by atoms with Crippen molar-refractivity contribution in [3.8, 4) is 0 Å². The van der Waals surface area contributed by atoms with Crippen molar-refractivity contribution < 1.29 is 19.3 Å². The lowest BCUT2D eigenvalue weighted by molar-refractivity contribution is -0.150. The van der Waals surface area contributed by atoms with Gasteiger partial charge in [-0.2, -0.15) is 0 Å². The van der Waals surface area contributed by atoms with Gasteiger partial charge in [-0.25, -0.2) is 0 Å². The maximum atomic E-state index is 9.26. The van der Waals surface area contributed by atoms with Crippen molar-refractivity contribution in [1.29, 1.82) is 0 Å². The van der Waals surface area contributed by atoms with Gasteiger partial charge in [-0.3, -0.25) is 0 Å². The Hall–Kier alpha value is -0.940. The molecule has 1 N–H and O–H groups in total. The topological polar surface area (TPSA) is 47.9 Å². The van der Waals surface area contributed by atoms with Crippen molar-refractivity contribution in [2.45, 2.75) is 44.9 Å². The van der Waals surface area contributed by atoms with E-state index in [0.717, 1.165) is 12.0 Å². The van der Waals surface area contributed by atoms with E-state index in [1.165, 1.54) is 0 Å². The zero-order valence-electron chi connectivity index (χ0n) is 11.5. The third kappa shape index (κ3) is 4.28. The van der Waals surface area contributed by atoms with Crippen molar-refractivity contribution >= 4 is 0 Å². The zero-order valence-corrected chi connectivity index (χ0v) is 11.5. The molecule has 4 heteroatoms. The second-order valence-electron chi connectivity index (χ2n) is 5.22. The minimum absolute atomic E-state index is 0.0210. The van der Waals surface area contributed by atoms with Gasteiger partial charge in [0, 0.05) is 6.61 Å². The molecule has 0 aliphatic carbocycles. The lowest BCUT2D eigenvalue weighted by atomic mass is 10.1. The van der Waals surface area contributed by atoms with Crippen LogP contribution >= 0.6 is 0 Å². The molecule has 1 heterocycles. The summed E-state index contributed by atoms with van der Waals surface area (Å²) in [4.78, 5) is 0. The van der Waals surface area contributed by atoms with Gasteiger partial charge < -0.3 is 19.3 Å². The Morgan fingerprint density at radius 2 is 1.84 bits per heavy atom. The first kappa shape index (κ1) is 14.5. The smallest absolute Gasteiger partial charge is 0.163 e. The maximum Gasteiger partial charge on any atom is 0.163 e. The van der Waals surface area contributed by atoms with E-state index in [4.69, 9.17) is 14.2 Å². The quantitative estimate of drug-likeness (QED) is 0.801. The molecule has 0 radical (unpaired) electrons. The van der Waals surface area contributed by atoms with Crippen LogP contribution in [-0.4, -0.2) is 36.3 Å². The van der Waals surface area contributed by atoms with Crippen molar-refractivity contribution in [2.24, 2.45) is 0 Å². The number of ether oxygens (including phenoxy) is 3. The van der Waals surface area contributed by atoms with Crippen LogP contribution in [0.4, 0.5) is 0 Å². The van der Waals surface area contributed by atoms with Crippen molar-refractivity contribution in [3.05, 3.63) is 35.9 Å². The number of hydrogen-bond acceptors (Lipinski definition) is 4. The summed E-state index contributed by atoms with van der Waals surface area (Å²) in [5, 5.41) is 9.26. The van der Waals surface area contributed by atoms with E-state index in [9.17, 15) is 5.11 Å². The van der Waals surface area contributed by atoms with E-state index in [2.05, 4.69) is 0 Å². The summed E-state index contributed by atoms with van der Waals surface area (Å²) in [6.45, 7) is 4.89. The maximum absolute atomic E-state index is 9.26. The van der Waals surface area contributed by atoms with E-state index in [-0.39, 0.29) is 18.8 Å². The molecule has 1 aliphatic heterocycles. The Balaban J connectivity index is 1.71. The Morgan fingerprint density at radius 1 is 1.16 bits per heavy atom. The SMILES string of the molecule is CC1(C)O[C@@H](CO)[C@@H](CCOCc2ccccc2)O1. The third-order valence-corrected chi connectivity index (χ3v) is 3.12. The molecular formula is C15H22O4. The molecule has 0 unspecified atom stereocenters. The highest BCUT2D eigenvalue weighted by atomic mass is 16.8. The fourth-order valence-electron chi connectivity index (χ4n) is 2.27. The molecular weight excluding hydrogens is 244 g/mol. The van der Waals surface area contributed by atoms with Gasteiger partial charge in [0.25, 0.3) is 0 Å². The summed E-state index contributed by atoms with van der Waals surface area (Å²) < 4.78 is 17.0. The Kier molecular flexibility index (Phi) is 4.93. The average molecular weight is 266 g/mol. The Morgan fingerprint density at radius 3 is 2.53 bits per heavy atom. The lowest BCUT2D eigenvalue weighted by Gasteiger charge is -2.16. The van der Waals surface area contributed by atoms with Gasteiger partial charge in [-0.1, -0.05) is 30.3 Å². The lowest BCUT2D eigenvalue weighted by Crippen LogP contribution is -2.27. The molecule has 1 aromatic carbocycles. The number of benzene rings is 1. The van der Waals surface area contributed by atoms with Crippen LogP contribution in [0.2, 0.25) is 0 Å². The molecule has 4 nitrogen and oxygen atoms in total. The first-order chi connectivity index (χ1) is 9.11. The molecule has 0 spiro atoms. The summed E-state index contributed by atoms with van der Waals surface area (Å²) >= 11 is 0. The van der Waals surface area contributed by atoms with Crippen LogP contribution in [0.1, 0.15) is 25.8 Å². The predicted octanol–water partition coefficient (Wildman–Crippen LogP) is 2.11. The van der Waals surface area contributed by atoms with Gasteiger partial charge in [0.2, 0.25) is 0 Å². The van der Waals surface area contributed by atoms with E-state index in [1.54, 1.807) is 0 Å². The van der Waals surface area contributed by atoms with Crippen molar-refractivity contribution in [3.63, 3.8) is 0 Å². The average Bonchev–Trinajstić information content (AvgIpc) is 2.70. The van der Waals surface area contributed by atoms with Crippen molar-refractivity contribution in [1.82, 2.24) is 0 Å². The summed E-state index contributed by atoms with van der Waals surface area (Å²) in [5.74, 6) is -0.614. The minimum atomic E-state index is -0.614. The monoisotopic (exact) mass is 266 g/mol. The second-order valence-corrected chi connectivity index (χ2v) is 5.22. The van der Waals surface area contributed by atoms with Crippen molar-refractivity contribution in [2.75, 3.05) is 13.2 Å². The molecule has 1 aromatic rings. The second kappa shape index (κ2) is 6.48. The summed E-state index contributed by atoms with van der Waals surface area (Å²) in [6, 6.07) is 10.1. The van der Waals surface area contributed by atoms with Gasteiger partial charge in [0.15, 0.2) is 5.79 Å². The van der Waals surface area contributed by atoms with Gasteiger partial charge >= 0.3 is 0 Å². The van der Waals surface area contributed by atoms with Gasteiger partial charge in [-0.05, 0) is 25.8 Å². The molecule has 1 aliphatic rings. The molecule has 0 amide bonds. The molecule has 1 fully saturated rings. The van der Waals surface area contributed by atoms with E-state index in [0.29, 0.717) is 13.2 Å². The van der Waals surface area contributed by atoms with Gasteiger partial charge in [0.1, 0.15) is 6.10 Å². The molecule has 0 bridgehead atoms. The third-order valence-electron chi connectivity index (χ3n) is 3.12. The fourth-order valence-corrected chi connectivity index (χ4v) is 2.27. The standard InChI is InChI=1S/C15H22O4/c1-15(2)18-13(14(10-16)19-15)8-9-17-11-12-6-4-3-5-7-12/h3-7,13-14,16H,8-11H2,1-2H3/t13-,14+/m1/s1. The summed E-state index contributed by atoms with van der Waals surface area (Å²) in [6.07, 6.45) is 0.368. The highest BCUT2D eigenvalue weighted by Gasteiger charge is 2.40. The van der Waals surface area contributed by atoms with E-state index >= 15 is 0 Å². The largest absolute Gasteiger partial charge is 0.394 e. The number of rotatable bonds is 6. The van der Waals surface area contributed by atoms with Crippen LogP contribution in [0, 0.1) is 0 Å². The van der Waals surface area contributed by atoms with Crippen LogP contribution in [0.5, 0.6) is 0 Å². The van der Waals surface area contributed by atoms with Crippen LogP contribution < -0.4 is 0 Å². The van der Waals surface area contributed by atoms with Crippen LogP contribution in [0.3, 0.4) is 0 Å². The number of hydrogen-bond donors (Lipinski definition) is 1. The first-order valence-electron chi connectivity index (χ1n) is 6.69. The fraction of sp³-hybridized carbons (Fsp3) is 0.600. The van der Waals surface area contributed by atoms with Crippen LogP contribution in [-0.2, 0) is 20.8 Å². The molecule has 0 aromatic heterocycles. The van der Waals surface area contributed by atoms with Crippen LogP contribution in [0.25, 0.3) is 0 Å². The Bertz CT molecular complexity index is 377. The highest BCUT2D eigenvalue weighted by molar-refractivity contribution is 5.13. The number of aliphatic hydroxyl groups is 1. The highest BCUT2D eigenvalue weighted by Crippen LogP contribution is 2.29. The van der Waals surface area contributed by atoms with E-state index in [1.807, 2.05) is 44.2 Å². The zero-order chi connectivity index (χ0) is 13.7. The van der Waals surface area contributed by atoms with Gasteiger partial charge in [-0.15, -0.1) is 0 Å². The predicted molar refractivity (Wildman–Crippen MR) is 71.6 cm³/mol. The minimum Gasteiger partial charge on any atom is -0.394 e. The molecule has 1 saturated heterocycles.